The van der Waals surface area contributed by atoms with Gasteiger partial charge in [-0.2, -0.15) is 0 Å². The number of hydrogen-bond acceptors (Lipinski definition) is 3. The van der Waals surface area contributed by atoms with Crippen LogP contribution in [0.2, 0.25) is 0 Å². The number of nitrogens with one attached hydrogen (secondary N) is 2. The van der Waals surface area contributed by atoms with Crippen LogP contribution >= 0.6 is 0 Å². The highest BCUT2D eigenvalue weighted by molar-refractivity contribution is 5.81. The normalized spacial score (nSPS) is 18.9. The molecular weight excluding hydrogens is 338 g/mol. The van der Waals surface area contributed by atoms with Crippen molar-refractivity contribution in [2.45, 2.75) is 37.6 Å². The Kier molecular flexibility index (Phi) is 8.42. The second-order valence-corrected chi connectivity index (χ2v) is 6.78. The Morgan fingerprint density at radius 3 is 1.93 bits per heavy atom. The maximum absolute atomic E-state index is 12.1. The smallest absolute Gasteiger partial charge is 0.234 e. The van der Waals surface area contributed by atoms with Gasteiger partial charge in [0, 0.05) is 6.04 Å². The molecule has 0 saturated heterocycles. The zero-order valence-corrected chi connectivity index (χ0v) is 15.6. The molecule has 2 rings (SSSR count). The molecule has 1 aromatic carbocycles. The molecule has 1 saturated carbocycles. The van der Waals surface area contributed by atoms with Crippen LogP contribution in [0.1, 0.15) is 37.2 Å². The first-order valence-corrected chi connectivity index (χ1v) is 9.33. The lowest BCUT2D eigenvalue weighted by molar-refractivity contribution is -0.126. The van der Waals surface area contributed by atoms with Gasteiger partial charge in [-0.15, -0.1) is 12.8 Å². The molecular formula is C22H27N3O2. The van der Waals surface area contributed by atoms with E-state index < -0.39 is 0 Å². The lowest BCUT2D eigenvalue weighted by atomic mass is 9.81. The summed E-state index contributed by atoms with van der Waals surface area (Å²) in [4.78, 5) is 26.2. The Hall–Kier alpha value is -2.76. The largest absolute Gasteiger partial charge is 0.344 e. The summed E-state index contributed by atoms with van der Waals surface area (Å²) in [7, 11) is 0. The number of hydrogen-bond donors (Lipinski definition) is 2. The predicted molar refractivity (Wildman–Crippen MR) is 107 cm³/mol. The van der Waals surface area contributed by atoms with Crippen LogP contribution in [0.5, 0.6) is 0 Å². The molecule has 0 heterocycles. The van der Waals surface area contributed by atoms with Gasteiger partial charge in [0.1, 0.15) is 0 Å². The molecule has 0 atom stereocenters. The van der Waals surface area contributed by atoms with Gasteiger partial charge in [0.25, 0.3) is 0 Å². The van der Waals surface area contributed by atoms with Crippen molar-refractivity contribution in [3.8, 4) is 24.7 Å². The van der Waals surface area contributed by atoms with Crippen LogP contribution in [0.25, 0.3) is 0 Å². The van der Waals surface area contributed by atoms with Crippen molar-refractivity contribution in [2.75, 3.05) is 26.2 Å². The highest BCUT2D eigenvalue weighted by Gasteiger charge is 2.28. The number of carbonyl (C=O) groups is 2. The molecule has 1 aromatic rings. The van der Waals surface area contributed by atoms with Gasteiger partial charge in [-0.3, -0.25) is 14.5 Å². The molecule has 2 N–H and O–H groups in total. The van der Waals surface area contributed by atoms with Gasteiger partial charge >= 0.3 is 0 Å². The van der Waals surface area contributed by atoms with Gasteiger partial charge in [-0.25, -0.2) is 0 Å². The fourth-order valence-corrected chi connectivity index (χ4v) is 3.59. The maximum Gasteiger partial charge on any atom is 0.234 e. The third-order valence-corrected chi connectivity index (χ3v) is 4.95. The minimum atomic E-state index is -0.164. The molecule has 27 heavy (non-hydrogen) atoms. The Morgan fingerprint density at radius 1 is 0.926 bits per heavy atom. The van der Waals surface area contributed by atoms with Crippen LogP contribution in [0.4, 0.5) is 0 Å². The van der Waals surface area contributed by atoms with Gasteiger partial charge < -0.3 is 10.6 Å². The second kappa shape index (κ2) is 11.1. The number of carbonyl (C=O) groups excluding carboxylic acids is 2. The molecule has 0 spiro atoms. The Labute approximate surface area is 161 Å². The second-order valence-electron chi connectivity index (χ2n) is 6.78. The minimum absolute atomic E-state index is 0.159. The number of rotatable bonds is 8. The molecule has 0 radical (unpaired) electrons. The van der Waals surface area contributed by atoms with E-state index in [9.17, 15) is 9.59 Å². The Balaban J connectivity index is 1.96. The van der Waals surface area contributed by atoms with E-state index in [1.54, 1.807) is 0 Å². The topological polar surface area (TPSA) is 61.4 Å². The molecule has 0 aliphatic heterocycles. The Bertz CT molecular complexity index is 663. The quantitative estimate of drug-likeness (QED) is 0.687. The SMILES string of the molecule is C#CCNC(=O)CN(CC(=O)NCC#C)C1CCC(c2ccccc2)CC1. The van der Waals surface area contributed by atoms with Crippen molar-refractivity contribution in [2.24, 2.45) is 0 Å². The van der Waals surface area contributed by atoms with E-state index >= 15 is 0 Å². The fourth-order valence-electron chi connectivity index (χ4n) is 3.59. The molecule has 1 aliphatic rings. The van der Waals surface area contributed by atoms with Crippen LogP contribution in [0.3, 0.4) is 0 Å². The third-order valence-electron chi connectivity index (χ3n) is 4.95. The monoisotopic (exact) mass is 365 g/mol. The van der Waals surface area contributed by atoms with E-state index in [1.165, 1.54) is 5.56 Å². The van der Waals surface area contributed by atoms with E-state index in [0.29, 0.717) is 5.92 Å². The summed E-state index contributed by atoms with van der Waals surface area (Å²) in [5.41, 5.74) is 1.36. The maximum atomic E-state index is 12.1. The lowest BCUT2D eigenvalue weighted by Gasteiger charge is -2.36. The van der Waals surface area contributed by atoms with Crippen LogP contribution in [-0.2, 0) is 9.59 Å². The van der Waals surface area contributed by atoms with Crippen molar-refractivity contribution in [3.63, 3.8) is 0 Å². The average Bonchev–Trinajstić information content (AvgIpc) is 2.71. The van der Waals surface area contributed by atoms with Gasteiger partial charge in [-0.1, -0.05) is 42.2 Å². The predicted octanol–water partition coefficient (Wildman–Crippen LogP) is 1.51. The van der Waals surface area contributed by atoms with Gasteiger partial charge in [-0.05, 0) is 37.2 Å². The van der Waals surface area contributed by atoms with Crippen molar-refractivity contribution >= 4 is 11.8 Å². The lowest BCUT2D eigenvalue weighted by Crippen LogP contribution is -2.48. The van der Waals surface area contributed by atoms with Crippen molar-refractivity contribution in [3.05, 3.63) is 35.9 Å². The fraction of sp³-hybridized carbons (Fsp3) is 0.455. The van der Waals surface area contributed by atoms with Gasteiger partial charge in [0.2, 0.25) is 11.8 Å². The summed E-state index contributed by atoms with van der Waals surface area (Å²) in [5.74, 6) is 4.99. The van der Waals surface area contributed by atoms with Crippen molar-refractivity contribution in [1.29, 1.82) is 0 Å². The zero-order valence-electron chi connectivity index (χ0n) is 15.6. The van der Waals surface area contributed by atoms with Crippen molar-refractivity contribution < 1.29 is 9.59 Å². The summed E-state index contributed by atoms with van der Waals surface area (Å²) >= 11 is 0. The zero-order chi connectivity index (χ0) is 19.5. The summed E-state index contributed by atoms with van der Waals surface area (Å²) < 4.78 is 0. The molecule has 1 aliphatic carbocycles. The highest BCUT2D eigenvalue weighted by atomic mass is 16.2. The minimum Gasteiger partial charge on any atom is -0.344 e. The first-order chi connectivity index (χ1) is 13.1. The highest BCUT2D eigenvalue weighted by Crippen LogP contribution is 2.34. The summed E-state index contributed by atoms with van der Waals surface area (Å²) in [6.45, 7) is 0.699. The first kappa shape index (κ1) is 20.6. The molecule has 0 unspecified atom stereocenters. The molecule has 0 aromatic heterocycles. The Morgan fingerprint density at radius 2 is 1.44 bits per heavy atom. The molecule has 1 fully saturated rings. The first-order valence-electron chi connectivity index (χ1n) is 9.33. The summed E-state index contributed by atoms with van der Waals surface area (Å²) in [6.07, 6.45) is 14.4. The number of terminal acetylenes is 2. The van der Waals surface area contributed by atoms with E-state index in [4.69, 9.17) is 12.8 Å². The van der Waals surface area contributed by atoms with Crippen LogP contribution in [0.15, 0.2) is 30.3 Å². The average molecular weight is 365 g/mol. The number of nitrogens with zero attached hydrogens (tertiary/aromatic N) is 1. The van der Waals surface area contributed by atoms with E-state index in [1.807, 2.05) is 11.0 Å². The molecule has 5 nitrogen and oxygen atoms in total. The van der Waals surface area contributed by atoms with E-state index in [0.717, 1.165) is 25.7 Å². The number of amides is 2. The van der Waals surface area contributed by atoms with Crippen LogP contribution < -0.4 is 10.6 Å². The standard InChI is InChI=1S/C22H27N3O2/c1-3-14-23-21(26)16-25(17-22(27)24-15-4-2)20-12-10-19(11-13-20)18-8-6-5-7-9-18/h1-2,5-9,19-20H,10-17H2,(H,23,26)(H,24,27). The summed E-state index contributed by atoms with van der Waals surface area (Å²) in [5, 5.41) is 5.34. The third kappa shape index (κ3) is 6.81. The molecule has 0 bridgehead atoms. The van der Waals surface area contributed by atoms with Gasteiger partial charge in [0.15, 0.2) is 0 Å². The van der Waals surface area contributed by atoms with Crippen LogP contribution in [-0.4, -0.2) is 48.9 Å². The van der Waals surface area contributed by atoms with Crippen LogP contribution in [0, 0.1) is 24.7 Å². The molecule has 142 valence electrons. The number of benzene rings is 1. The molecule has 5 heteroatoms. The molecule has 2 amide bonds. The summed E-state index contributed by atoms with van der Waals surface area (Å²) in [6, 6.07) is 10.7. The van der Waals surface area contributed by atoms with Gasteiger partial charge in [0.05, 0.1) is 26.2 Å². The van der Waals surface area contributed by atoms with E-state index in [2.05, 4.69) is 46.7 Å². The van der Waals surface area contributed by atoms with Crippen molar-refractivity contribution in [1.82, 2.24) is 15.5 Å². The van der Waals surface area contributed by atoms with E-state index in [-0.39, 0.29) is 44.0 Å².